The molecule has 0 unspecified atom stereocenters. The Hall–Kier alpha value is -0.0400. The lowest BCUT2D eigenvalue weighted by Gasteiger charge is -2.39. The van der Waals surface area contributed by atoms with Gasteiger partial charge in [-0.05, 0) is 31.1 Å². The highest BCUT2D eigenvalue weighted by Crippen LogP contribution is 2.24. The fourth-order valence-electron chi connectivity index (χ4n) is 2.81. The van der Waals surface area contributed by atoms with Crippen LogP contribution in [0.25, 0.3) is 0 Å². The average Bonchev–Trinajstić information content (AvgIpc) is 2.04. The van der Waals surface area contributed by atoms with Gasteiger partial charge in [0.25, 0.3) is 0 Å². The summed E-state index contributed by atoms with van der Waals surface area (Å²) in [6.45, 7) is 12.1. The largest absolute Gasteiger partial charge is 0.300 e. The molecular weight excluding hydrogens is 158 g/mol. The van der Waals surface area contributed by atoms with E-state index in [4.69, 9.17) is 0 Å². The van der Waals surface area contributed by atoms with Gasteiger partial charge in [0, 0.05) is 19.1 Å². The molecule has 0 aliphatic carbocycles. The van der Waals surface area contributed by atoms with Crippen LogP contribution in [0.15, 0.2) is 0 Å². The maximum absolute atomic E-state index is 2.71. The van der Waals surface area contributed by atoms with E-state index in [9.17, 15) is 0 Å². The number of nitrogens with zero attached hydrogens (tertiary/aromatic N) is 1. The Morgan fingerprint density at radius 3 is 1.92 bits per heavy atom. The van der Waals surface area contributed by atoms with Crippen LogP contribution < -0.4 is 0 Å². The van der Waals surface area contributed by atoms with E-state index >= 15 is 0 Å². The van der Waals surface area contributed by atoms with Crippen LogP contribution in [0, 0.1) is 11.8 Å². The van der Waals surface area contributed by atoms with Crippen molar-refractivity contribution >= 4 is 0 Å². The molecule has 0 aromatic carbocycles. The monoisotopic (exact) mass is 183 g/mol. The molecule has 1 aliphatic rings. The molecule has 1 saturated heterocycles. The highest BCUT2D eigenvalue weighted by Gasteiger charge is 2.25. The van der Waals surface area contributed by atoms with Gasteiger partial charge in [-0.15, -0.1) is 0 Å². The fourth-order valence-corrected chi connectivity index (χ4v) is 2.81. The van der Waals surface area contributed by atoms with E-state index in [-0.39, 0.29) is 0 Å². The van der Waals surface area contributed by atoms with Crippen LogP contribution in [0.2, 0.25) is 0 Å². The number of hydrogen-bond acceptors (Lipinski definition) is 1. The van der Waals surface area contributed by atoms with Crippen LogP contribution in [0.1, 0.15) is 47.0 Å². The molecule has 0 N–H and O–H groups in total. The summed E-state index contributed by atoms with van der Waals surface area (Å²) in [6, 6.07) is 0.838. The molecule has 0 aromatic rings. The van der Waals surface area contributed by atoms with E-state index in [2.05, 4.69) is 32.6 Å². The lowest BCUT2D eigenvalue weighted by atomic mass is 9.90. The first-order valence-electron chi connectivity index (χ1n) is 5.91. The lowest BCUT2D eigenvalue weighted by Crippen LogP contribution is -2.44. The molecule has 1 heteroatoms. The lowest BCUT2D eigenvalue weighted by molar-refractivity contribution is 0.0909. The third kappa shape index (κ3) is 2.98. The highest BCUT2D eigenvalue weighted by atomic mass is 15.2. The molecule has 0 aromatic heterocycles. The number of hydrogen-bond donors (Lipinski definition) is 0. The van der Waals surface area contributed by atoms with Gasteiger partial charge < -0.3 is 0 Å². The molecule has 0 radical (unpaired) electrons. The van der Waals surface area contributed by atoms with Crippen molar-refractivity contribution in [2.45, 2.75) is 53.0 Å². The molecule has 13 heavy (non-hydrogen) atoms. The van der Waals surface area contributed by atoms with Gasteiger partial charge in [-0.1, -0.05) is 27.7 Å². The van der Waals surface area contributed by atoms with Gasteiger partial charge >= 0.3 is 0 Å². The SMILES string of the molecule is CCC(CC)N1C[C@H](C)C[C@H](C)C1. The van der Waals surface area contributed by atoms with E-state index in [1.54, 1.807) is 0 Å². The van der Waals surface area contributed by atoms with Crippen LogP contribution in [0.4, 0.5) is 0 Å². The van der Waals surface area contributed by atoms with Gasteiger partial charge in [-0.25, -0.2) is 0 Å². The van der Waals surface area contributed by atoms with Crippen molar-refractivity contribution in [1.29, 1.82) is 0 Å². The molecule has 78 valence electrons. The van der Waals surface area contributed by atoms with Crippen molar-refractivity contribution in [1.82, 2.24) is 4.90 Å². The Morgan fingerprint density at radius 1 is 1.08 bits per heavy atom. The maximum Gasteiger partial charge on any atom is 0.00902 e. The van der Waals surface area contributed by atoms with Crippen molar-refractivity contribution in [2.24, 2.45) is 11.8 Å². The minimum atomic E-state index is 0.838. The van der Waals surface area contributed by atoms with Gasteiger partial charge in [0.2, 0.25) is 0 Å². The Bertz CT molecular complexity index is 130. The molecule has 1 fully saturated rings. The molecule has 1 rings (SSSR count). The molecule has 1 nitrogen and oxygen atoms in total. The van der Waals surface area contributed by atoms with E-state index in [0.29, 0.717) is 0 Å². The smallest absolute Gasteiger partial charge is 0.00902 e. The Morgan fingerprint density at radius 2 is 1.54 bits per heavy atom. The zero-order valence-corrected chi connectivity index (χ0v) is 9.71. The fraction of sp³-hybridized carbons (Fsp3) is 1.00. The van der Waals surface area contributed by atoms with E-state index in [1.165, 1.54) is 32.4 Å². The first kappa shape index (κ1) is 11.0. The zero-order chi connectivity index (χ0) is 9.84. The second-order valence-electron chi connectivity index (χ2n) is 4.87. The van der Waals surface area contributed by atoms with E-state index < -0.39 is 0 Å². The number of likely N-dealkylation sites (tertiary alicyclic amines) is 1. The molecule has 0 amide bonds. The Kier molecular flexibility index (Phi) is 4.24. The van der Waals surface area contributed by atoms with Crippen molar-refractivity contribution in [2.75, 3.05) is 13.1 Å². The van der Waals surface area contributed by atoms with Crippen LogP contribution in [-0.4, -0.2) is 24.0 Å². The van der Waals surface area contributed by atoms with Crippen LogP contribution >= 0.6 is 0 Å². The third-order valence-electron chi connectivity index (χ3n) is 3.36. The molecule has 1 heterocycles. The normalized spacial score (nSPS) is 31.2. The quantitative estimate of drug-likeness (QED) is 0.649. The summed E-state index contributed by atoms with van der Waals surface area (Å²) in [7, 11) is 0. The van der Waals surface area contributed by atoms with E-state index in [1.807, 2.05) is 0 Å². The summed E-state index contributed by atoms with van der Waals surface area (Å²) in [4.78, 5) is 2.71. The molecule has 0 saturated carbocycles. The van der Waals surface area contributed by atoms with Crippen molar-refractivity contribution in [3.8, 4) is 0 Å². The third-order valence-corrected chi connectivity index (χ3v) is 3.36. The van der Waals surface area contributed by atoms with Crippen LogP contribution in [0.3, 0.4) is 0 Å². The molecule has 0 bridgehead atoms. The summed E-state index contributed by atoms with van der Waals surface area (Å²) in [6.07, 6.45) is 4.06. The first-order valence-corrected chi connectivity index (χ1v) is 5.91. The maximum atomic E-state index is 2.71. The minimum absolute atomic E-state index is 0.838. The second kappa shape index (κ2) is 4.99. The molecule has 2 atom stereocenters. The van der Waals surface area contributed by atoms with Crippen LogP contribution in [0.5, 0.6) is 0 Å². The predicted octanol–water partition coefficient (Wildman–Crippen LogP) is 3.15. The summed E-state index contributed by atoms with van der Waals surface area (Å²) >= 11 is 0. The number of rotatable bonds is 3. The molecule has 1 aliphatic heterocycles. The summed E-state index contributed by atoms with van der Waals surface area (Å²) in [5, 5.41) is 0. The van der Waals surface area contributed by atoms with Crippen LogP contribution in [-0.2, 0) is 0 Å². The summed E-state index contributed by atoms with van der Waals surface area (Å²) in [5.41, 5.74) is 0. The average molecular weight is 183 g/mol. The van der Waals surface area contributed by atoms with Crippen molar-refractivity contribution < 1.29 is 0 Å². The van der Waals surface area contributed by atoms with Gasteiger partial charge in [0.05, 0.1) is 0 Å². The minimum Gasteiger partial charge on any atom is -0.300 e. The zero-order valence-electron chi connectivity index (χ0n) is 9.71. The highest BCUT2D eigenvalue weighted by molar-refractivity contribution is 4.79. The topological polar surface area (TPSA) is 3.24 Å². The van der Waals surface area contributed by atoms with Crippen molar-refractivity contribution in [3.63, 3.8) is 0 Å². The van der Waals surface area contributed by atoms with Gasteiger partial charge in [0.15, 0.2) is 0 Å². The predicted molar refractivity (Wildman–Crippen MR) is 58.9 cm³/mol. The van der Waals surface area contributed by atoms with Gasteiger partial charge in [-0.2, -0.15) is 0 Å². The summed E-state index contributed by atoms with van der Waals surface area (Å²) in [5.74, 6) is 1.81. The molecule has 0 spiro atoms. The van der Waals surface area contributed by atoms with Crippen molar-refractivity contribution in [3.05, 3.63) is 0 Å². The standard InChI is InChI=1S/C12H25N/c1-5-12(6-2)13-8-10(3)7-11(4)9-13/h10-12H,5-9H2,1-4H3/t10-,11+. The van der Waals surface area contributed by atoms with Gasteiger partial charge in [0.1, 0.15) is 0 Å². The molecular formula is C12H25N. The van der Waals surface area contributed by atoms with Gasteiger partial charge in [-0.3, -0.25) is 4.90 Å². The first-order chi connectivity index (χ1) is 6.17. The summed E-state index contributed by atoms with van der Waals surface area (Å²) < 4.78 is 0. The second-order valence-corrected chi connectivity index (χ2v) is 4.87. The Labute approximate surface area is 83.5 Å². The Balaban J connectivity index is 2.48. The van der Waals surface area contributed by atoms with E-state index in [0.717, 1.165) is 17.9 Å². The number of piperidine rings is 1.